The van der Waals surface area contributed by atoms with Crippen molar-refractivity contribution in [3.63, 3.8) is 0 Å². The number of amides is 2. The van der Waals surface area contributed by atoms with E-state index < -0.39 is 20.0 Å². The standard InChI is InChI=1S/C23H43N3O6Si/c1-10-16-30-20(28)25(24-18(2)27)15-13-19-12-11-14-26(19)32-33(9,17-22(3,4)5)21(29)31-23(6,7)8/h10,19H,1,11-17H2,2-9H3,(H,24,27). The Kier molecular flexibility index (Phi) is 10.6. The first-order valence-electron chi connectivity index (χ1n) is 11.6. The van der Waals surface area contributed by atoms with Gasteiger partial charge in [-0.05, 0) is 58.0 Å². The van der Waals surface area contributed by atoms with E-state index in [2.05, 4.69) is 32.8 Å². The van der Waals surface area contributed by atoms with Crippen LogP contribution in [0.1, 0.15) is 67.7 Å². The van der Waals surface area contributed by atoms with Crippen LogP contribution < -0.4 is 5.43 Å². The molecule has 0 spiro atoms. The van der Waals surface area contributed by atoms with Gasteiger partial charge < -0.3 is 14.0 Å². The molecule has 1 heterocycles. The second-order valence-corrected chi connectivity index (χ2v) is 14.4. The first-order chi connectivity index (χ1) is 15.1. The summed E-state index contributed by atoms with van der Waals surface area (Å²) in [5.74, 6) is -0.361. The van der Waals surface area contributed by atoms with Crippen LogP contribution in [0.2, 0.25) is 12.6 Å². The molecule has 9 nitrogen and oxygen atoms in total. The van der Waals surface area contributed by atoms with Crippen molar-refractivity contribution < 1.29 is 28.4 Å². The van der Waals surface area contributed by atoms with Crippen LogP contribution in [-0.2, 0) is 18.8 Å². The van der Waals surface area contributed by atoms with Crippen LogP contribution in [0, 0.1) is 5.41 Å². The number of carbonyl (C=O) groups excluding carboxylic acids is 3. The molecule has 1 fully saturated rings. The molecule has 0 aromatic rings. The van der Waals surface area contributed by atoms with Gasteiger partial charge in [0.15, 0.2) is 0 Å². The molecule has 0 aromatic heterocycles. The Morgan fingerprint density at radius 2 is 1.85 bits per heavy atom. The molecular weight excluding hydrogens is 442 g/mol. The number of hydrogen-bond acceptors (Lipinski definition) is 7. The zero-order chi connectivity index (χ0) is 25.4. The van der Waals surface area contributed by atoms with Crippen molar-refractivity contribution in [3.05, 3.63) is 12.7 Å². The zero-order valence-electron chi connectivity index (χ0n) is 21.7. The second kappa shape index (κ2) is 12.0. The SMILES string of the molecule is C=CCOC(=O)N(CCC1CCCN1O[Si](C)(CC(C)(C)C)C(=O)OC(C)(C)C)NC(C)=O. The monoisotopic (exact) mass is 485 g/mol. The van der Waals surface area contributed by atoms with Crippen molar-refractivity contribution in [2.24, 2.45) is 5.41 Å². The summed E-state index contributed by atoms with van der Waals surface area (Å²) in [5, 5.41) is 3.06. The predicted molar refractivity (Wildman–Crippen MR) is 130 cm³/mol. The molecule has 1 N–H and O–H groups in total. The van der Waals surface area contributed by atoms with Crippen LogP contribution in [-0.4, -0.2) is 67.3 Å². The van der Waals surface area contributed by atoms with Crippen molar-refractivity contribution in [1.82, 2.24) is 15.5 Å². The molecule has 1 aliphatic rings. The summed E-state index contributed by atoms with van der Waals surface area (Å²) >= 11 is 0. The third-order valence-electron chi connectivity index (χ3n) is 4.86. The van der Waals surface area contributed by atoms with Gasteiger partial charge in [0.1, 0.15) is 12.2 Å². The summed E-state index contributed by atoms with van der Waals surface area (Å²) in [4.78, 5) is 37.0. The number of hydrazine groups is 1. The molecule has 0 radical (unpaired) electrons. The number of hydroxylamine groups is 2. The molecule has 33 heavy (non-hydrogen) atoms. The molecule has 0 aliphatic carbocycles. The Morgan fingerprint density at radius 1 is 1.21 bits per heavy atom. The maximum Gasteiger partial charge on any atom is 0.428 e. The molecule has 0 bridgehead atoms. The second-order valence-electron chi connectivity index (χ2n) is 11.0. The summed E-state index contributed by atoms with van der Waals surface area (Å²) in [6, 6.07) is 0.618. The van der Waals surface area contributed by atoms with Crippen LogP contribution >= 0.6 is 0 Å². The highest BCUT2D eigenvalue weighted by molar-refractivity contribution is 6.99. The van der Waals surface area contributed by atoms with Gasteiger partial charge >= 0.3 is 20.0 Å². The smallest absolute Gasteiger partial charge is 0.428 e. The van der Waals surface area contributed by atoms with Crippen molar-refractivity contribution in [2.45, 2.75) is 92.0 Å². The summed E-state index contributed by atoms with van der Waals surface area (Å²) < 4.78 is 17.3. The average molecular weight is 486 g/mol. The average Bonchev–Trinajstić information content (AvgIpc) is 3.06. The predicted octanol–water partition coefficient (Wildman–Crippen LogP) is 4.59. The van der Waals surface area contributed by atoms with Crippen LogP contribution in [0.4, 0.5) is 9.59 Å². The lowest BCUT2D eigenvalue weighted by Gasteiger charge is -2.38. The van der Waals surface area contributed by atoms with Crippen LogP contribution in [0.3, 0.4) is 0 Å². The van der Waals surface area contributed by atoms with E-state index in [-0.39, 0.29) is 36.1 Å². The molecule has 1 aliphatic heterocycles. The molecule has 10 heteroatoms. The molecule has 2 unspecified atom stereocenters. The third-order valence-corrected chi connectivity index (χ3v) is 8.20. The Hall–Kier alpha value is -1.91. The first kappa shape index (κ1) is 29.1. The lowest BCUT2D eigenvalue weighted by atomic mass is 10.0. The Balaban J connectivity index is 2.94. The van der Waals surface area contributed by atoms with Crippen molar-refractivity contribution in [3.8, 4) is 0 Å². The molecule has 2 atom stereocenters. The lowest BCUT2D eigenvalue weighted by molar-refractivity contribution is -0.123. The van der Waals surface area contributed by atoms with Crippen LogP contribution in [0.15, 0.2) is 12.7 Å². The highest BCUT2D eigenvalue weighted by atomic mass is 28.4. The minimum absolute atomic E-state index is 0.00249. The van der Waals surface area contributed by atoms with Crippen molar-refractivity contribution in [2.75, 3.05) is 19.7 Å². The minimum Gasteiger partial charge on any atom is -0.462 e. The van der Waals surface area contributed by atoms with Gasteiger partial charge in [-0.1, -0.05) is 33.4 Å². The fraction of sp³-hybridized carbons (Fsp3) is 0.783. The van der Waals surface area contributed by atoms with Gasteiger partial charge in [-0.3, -0.25) is 15.0 Å². The maximum absolute atomic E-state index is 13.2. The van der Waals surface area contributed by atoms with E-state index in [0.29, 0.717) is 19.0 Å². The van der Waals surface area contributed by atoms with E-state index in [4.69, 9.17) is 14.0 Å². The largest absolute Gasteiger partial charge is 0.462 e. The van der Waals surface area contributed by atoms with Crippen LogP contribution in [0.25, 0.3) is 0 Å². The van der Waals surface area contributed by atoms with E-state index in [1.807, 2.05) is 32.4 Å². The topological polar surface area (TPSA) is 97.4 Å². The van der Waals surface area contributed by atoms with E-state index in [1.165, 1.54) is 18.0 Å². The number of nitrogens with one attached hydrogen (secondary N) is 1. The maximum atomic E-state index is 13.2. The highest BCUT2D eigenvalue weighted by Crippen LogP contribution is 2.33. The summed E-state index contributed by atoms with van der Waals surface area (Å²) in [6.07, 6.45) is 3.16. The number of carbonyl (C=O) groups is 3. The number of ether oxygens (including phenoxy) is 2. The fourth-order valence-corrected chi connectivity index (χ4v) is 7.47. The van der Waals surface area contributed by atoms with Gasteiger partial charge in [0, 0.05) is 26.1 Å². The Morgan fingerprint density at radius 3 is 2.36 bits per heavy atom. The Bertz CT molecular complexity index is 703. The first-order valence-corrected chi connectivity index (χ1v) is 14.2. The Labute approximate surface area is 199 Å². The van der Waals surface area contributed by atoms with Crippen molar-refractivity contribution in [1.29, 1.82) is 0 Å². The number of rotatable bonds is 9. The minimum atomic E-state index is -2.95. The van der Waals surface area contributed by atoms with Gasteiger partial charge in [0.05, 0.1) is 0 Å². The summed E-state index contributed by atoms with van der Waals surface area (Å²) in [6.45, 7) is 19.6. The van der Waals surface area contributed by atoms with Gasteiger partial charge in [-0.25, -0.2) is 9.80 Å². The third kappa shape index (κ3) is 10.7. The van der Waals surface area contributed by atoms with Gasteiger partial charge in [0.2, 0.25) is 5.91 Å². The van der Waals surface area contributed by atoms with Gasteiger partial charge in [-0.2, -0.15) is 5.06 Å². The van der Waals surface area contributed by atoms with E-state index in [1.54, 1.807) is 0 Å². The highest BCUT2D eigenvalue weighted by Gasteiger charge is 2.48. The van der Waals surface area contributed by atoms with Crippen molar-refractivity contribution >= 4 is 25.9 Å². The zero-order valence-corrected chi connectivity index (χ0v) is 22.7. The summed E-state index contributed by atoms with van der Waals surface area (Å²) in [7, 11) is -2.95. The normalized spacial score (nSPS) is 18.8. The molecule has 1 saturated heterocycles. The molecule has 190 valence electrons. The molecular formula is C23H43N3O6Si. The van der Waals surface area contributed by atoms with E-state index >= 15 is 0 Å². The quantitative estimate of drug-likeness (QED) is 0.290. The number of hydrogen-bond donors (Lipinski definition) is 1. The van der Waals surface area contributed by atoms with Gasteiger partial charge in [-0.15, -0.1) is 0 Å². The molecule has 0 saturated carbocycles. The molecule has 2 amide bonds. The summed E-state index contributed by atoms with van der Waals surface area (Å²) in [5.41, 5.74) is 1.55. The lowest BCUT2D eigenvalue weighted by Crippen LogP contribution is -2.54. The van der Waals surface area contributed by atoms with Gasteiger partial charge in [0.25, 0.3) is 0 Å². The van der Waals surface area contributed by atoms with E-state index in [9.17, 15) is 14.4 Å². The number of nitrogens with zero attached hydrogens (tertiary/aromatic N) is 2. The molecule has 1 rings (SSSR count). The molecule has 0 aromatic carbocycles. The van der Waals surface area contributed by atoms with Crippen LogP contribution in [0.5, 0.6) is 0 Å². The van der Waals surface area contributed by atoms with E-state index in [0.717, 1.165) is 12.8 Å². The fourth-order valence-electron chi connectivity index (χ4n) is 3.89.